The van der Waals surface area contributed by atoms with Crippen LogP contribution in [0.1, 0.15) is 30.0 Å². The van der Waals surface area contributed by atoms with Gasteiger partial charge in [0.15, 0.2) is 0 Å². The van der Waals surface area contributed by atoms with Crippen LogP contribution in [-0.4, -0.2) is 29.3 Å². The molecule has 1 atom stereocenters. The zero-order valence-corrected chi connectivity index (χ0v) is 15.7. The van der Waals surface area contributed by atoms with Crippen molar-refractivity contribution in [3.8, 4) is 0 Å². The fourth-order valence-electron chi connectivity index (χ4n) is 3.85. The van der Waals surface area contributed by atoms with E-state index >= 15 is 0 Å². The summed E-state index contributed by atoms with van der Waals surface area (Å²) in [6, 6.07) is 7.61. The van der Waals surface area contributed by atoms with Crippen LogP contribution in [0.2, 0.25) is 0 Å². The van der Waals surface area contributed by atoms with Crippen LogP contribution in [0.4, 0.5) is 19.3 Å². The number of nitrogens with zero attached hydrogens (tertiary/aromatic N) is 1. The third-order valence-corrected chi connectivity index (χ3v) is 5.46. The van der Waals surface area contributed by atoms with Gasteiger partial charge in [-0.1, -0.05) is 18.2 Å². The number of fused-ring (bicyclic) bond motifs is 1. The van der Waals surface area contributed by atoms with Gasteiger partial charge in [0.25, 0.3) is 5.91 Å². The maximum atomic E-state index is 13.7. The Morgan fingerprint density at radius 2 is 1.90 bits per heavy atom. The number of imide groups is 1. The van der Waals surface area contributed by atoms with Crippen LogP contribution >= 0.6 is 0 Å². The molecule has 2 aliphatic rings. The summed E-state index contributed by atoms with van der Waals surface area (Å²) in [7, 11) is 0. The fraction of sp³-hybridized carbons (Fsp3) is 0.286. The second-order valence-electron chi connectivity index (χ2n) is 7.46. The highest BCUT2D eigenvalue weighted by atomic mass is 19.1. The van der Waals surface area contributed by atoms with E-state index < -0.39 is 41.6 Å². The van der Waals surface area contributed by atoms with Crippen molar-refractivity contribution in [2.24, 2.45) is 0 Å². The summed E-state index contributed by atoms with van der Waals surface area (Å²) in [4.78, 5) is 38.4. The molecule has 2 N–H and O–H groups in total. The SMILES string of the molecule is CC1(c2ccc3c(c2)CCC3)NC(=O)N(CC(=O)Nc2cc(F)ccc2F)C1=O. The second kappa shape index (κ2) is 6.95. The lowest BCUT2D eigenvalue weighted by Gasteiger charge is -2.23. The molecule has 1 heterocycles. The number of halogens is 2. The van der Waals surface area contributed by atoms with Crippen molar-refractivity contribution in [2.75, 3.05) is 11.9 Å². The number of urea groups is 1. The predicted molar refractivity (Wildman–Crippen MR) is 101 cm³/mol. The van der Waals surface area contributed by atoms with Gasteiger partial charge in [0, 0.05) is 6.07 Å². The van der Waals surface area contributed by atoms with E-state index in [4.69, 9.17) is 0 Å². The molecule has 0 saturated carbocycles. The van der Waals surface area contributed by atoms with Crippen molar-refractivity contribution in [2.45, 2.75) is 31.7 Å². The van der Waals surface area contributed by atoms with Crippen molar-refractivity contribution < 1.29 is 23.2 Å². The minimum atomic E-state index is -1.29. The highest BCUT2D eigenvalue weighted by Gasteiger charge is 2.49. The van der Waals surface area contributed by atoms with E-state index in [1.165, 1.54) is 5.56 Å². The van der Waals surface area contributed by atoms with Gasteiger partial charge in [-0.3, -0.25) is 14.5 Å². The molecule has 1 aliphatic heterocycles. The normalized spacial score (nSPS) is 20.6. The Labute approximate surface area is 165 Å². The zero-order chi connectivity index (χ0) is 20.8. The molecule has 1 saturated heterocycles. The molecule has 0 bridgehead atoms. The average Bonchev–Trinajstić information content (AvgIpc) is 3.23. The van der Waals surface area contributed by atoms with E-state index in [0.29, 0.717) is 5.56 Å². The molecule has 8 heteroatoms. The van der Waals surface area contributed by atoms with Gasteiger partial charge >= 0.3 is 6.03 Å². The van der Waals surface area contributed by atoms with Crippen LogP contribution in [0.25, 0.3) is 0 Å². The van der Waals surface area contributed by atoms with Crippen molar-refractivity contribution in [3.05, 3.63) is 64.7 Å². The summed E-state index contributed by atoms with van der Waals surface area (Å²) in [5.41, 5.74) is 1.39. The number of aryl methyl sites for hydroxylation is 2. The van der Waals surface area contributed by atoms with E-state index in [2.05, 4.69) is 10.6 Å². The fourth-order valence-corrected chi connectivity index (χ4v) is 3.85. The van der Waals surface area contributed by atoms with Gasteiger partial charge in [-0.2, -0.15) is 0 Å². The van der Waals surface area contributed by atoms with Gasteiger partial charge < -0.3 is 10.6 Å². The summed E-state index contributed by atoms with van der Waals surface area (Å²) in [6.07, 6.45) is 2.97. The molecule has 1 unspecified atom stereocenters. The Balaban J connectivity index is 1.52. The Bertz CT molecular complexity index is 1040. The quantitative estimate of drug-likeness (QED) is 0.776. The van der Waals surface area contributed by atoms with Crippen LogP contribution in [0.5, 0.6) is 0 Å². The molecule has 6 nitrogen and oxygen atoms in total. The van der Waals surface area contributed by atoms with Gasteiger partial charge in [0.2, 0.25) is 5.91 Å². The van der Waals surface area contributed by atoms with E-state index in [1.54, 1.807) is 6.92 Å². The van der Waals surface area contributed by atoms with Crippen molar-refractivity contribution in [1.82, 2.24) is 10.2 Å². The Hall–Kier alpha value is -3.29. The minimum absolute atomic E-state index is 0.358. The number of carbonyl (C=O) groups excluding carboxylic acids is 3. The predicted octanol–water partition coefficient (Wildman–Crippen LogP) is 2.86. The first-order valence-electron chi connectivity index (χ1n) is 9.29. The first-order valence-corrected chi connectivity index (χ1v) is 9.29. The lowest BCUT2D eigenvalue weighted by molar-refractivity contribution is -0.133. The maximum absolute atomic E-state index is 13.7. The van der Waals surface area contributed by atoms with Crippen LogP contribution in [0.3, 0.4) is 0 Å². The molecule has 29 heavy (non-hydrogen) atoms. The molecule has 1 fully saturated rings. The van der Waals surface area contributed by atoms with Gasteiger partial charge in [-0.25, -0.2) is 13.6 Å². The number of hydrogen-bond acceptors (Lipinski definition) is 3. The molecule has 0 spiro atoms. The molecule has 4 amide bonds. The zero-order valence-electron chi connectivity index (χ0n) is 15.7. The van der Waals surface area contributed by atoms with Crippen LogP contribution in [-0.2, 0) is 28.0 Å². The van der Waals surface area contributed by atoms with Crippen molar-refractivity contribution in [1.29, 1.82) is 0 Å². The minimum Gasteiger partial charge on any atom is -0.322 e. The third kappa shape index (κ3) is 3.35. The smallest absolute Gasteiger partial charge is 0.322 e. The van der Waals surface area contributed by atoms with Gasteiger partial charge in [-0.05, 0) is 55.0 Å². The number of benzene rings is 2. The standard InChI is InChI=1S/C21H19F2N3O3/c1-21(14-6-5-12-3-2-4-13(12)9-14)19(28)26(20(29)25-21)11-18(27)24-17-10-15(22)7-8-16(17)23/h5-10H,2-4,11H2,1H3,(H,24,27)(H,25,29). The van der Waals surface area contributed by atoms with E-state index in [-0.39, 0.29) is 5.69 Å². The van der Waals surface area contributed by atoms with E-state index in [9.17, 15) is 23.2 Å². The lowest BCUT2D eigenvalue weighted by Crippen LogP contribution is -2.42. The monoisotopic (exact) mass is 399 g/mol. The number of anilines is 1. The maximum Gasteiger partial charge on any atom is 0.325 e. The molecular weight excluding hydrogens is 380 g/mol. The molecule has 4 rings (SSSR count). The van der Waals surface area contributed by atoms with Crippen LogP contribution in [0, 0.1) is 11.6 Å². The third-order valence-electron chi connectivity index (χ3n) is 5.46. The van der Waals surface area contributed by atoms with E-state index in [1.807, 2.05) is 18.2 Å². The molecule has 2 aromatic rings. The Morgan fingerprint density at radius 1 is 1.14 bits per heavy atom. The Kier molecular flexibility index (Phi) is 4.56. The molecule has 1 aliphatic carbocycles. The lowest BCUT2D eigenvalue weighted by atomic mass is 9.89. The van der Waals surface area contributed by atoms with Crippen molar-refractivity contribution in [3.63, 3.8) is 0 Å². The molecule has 0 radical (unpaired) electrons. The molecular formula is C21H19F2N3O3. The molecule has 150 valence electrons. The van der Waals surface area contributed by atoms with Gasteiger partial charge in [-0.15, -0.1) is 0 Å². The summed E-state index contributed by atoms with van der Waals surface area (Å²) in [6.45, 7) is 0.981. The summed E-state index contributed by atoms with van der Waals surface area (Å²) >= 11 is 0. The number of amides is 4. The molecule has 2 aromatic carbocycles. The van der Waals surface area contributed by atoms with E-state index in [0.717, 1.165) is 47.9 Å². The summed E-state index contributed by atoms with van der Waals surface area (Å²) in [5, 5.41) is 4.84. The second-order valence-corrected chi connectivity index (χ2v) is 7.46. The average molecular weight is 399 g/mol. The molecule has 0 aromatic heterocycles. The summed E-state index contributed by atoms with van der Waals surface area (Å²) in [5.74, 6) is -2.92. The van der Waals surface area contributed by atoms with Gasteiger partial charge in [0.05, 0.1) is 5.69 Å². The van der Waals surface area contributed by atoms with Crippen LogP contribution < -0.4 is 10.6 Å². The number of carbonyl (C=O) groups is 3. The first kappa shape index (κ1) is 19.0. The highest BCUT2D eigenvalue weighted by molar-refractivity contribution is 6.10. The van der Waals surface area contributed by atoms with Crippen LogP contribution in [0.15, 0.2) is 36.4 Å². The largest absolute Gasteiger partial charge is 0.325 e. The first-order chi connectivity index (χ1) is 13.8. The topological polar surface area (TPSA) is 78.5 Å². The summed E-state index contributed by atoms with van der Waals surface area (Å²) < 4.78 is 27.0. The number of nitrogens with one attached hydrogen (secondary N) is 2. The number of rotatable bonds is 4. The van der Waals surface area contributed by atoms with Crippen molar-refractivity contribution >= 4 is 23.5 Å². The highest BCUT2D eigenvalue weighted by Crippen LogP contribution is 2.32. The van der Waals surface area contributed by atoms with Gasteiger partial charge in [0.1, 0.15) is 23.7 Å². The Morgan fingerprint density at radius 3 is 2.69 bits per heavy atom. The number of hydrogen-bond donors (Lipinski definition) is 2.